The van der Waals surface area contributed by atoms with E-state index in [2.05, 4.69) is 15.0 Å². The Kier molecular flexibility index (Phi) is 6.81. The summed E-state index contributed by atoms with van der Waals surface area (Å²) in [5, 5.41) is 2.68. The normalized spacial score (nSPS) is 15.0. The van der Waals surface area contributed by atoms with Crippen molar-refractivity contribution in [1.29, 1.82) is 0 Å². The molecular weight excluding hydrogens is 423 g/mol. The van der Waals surface area contributed by atoms with Crippen molar-refractivity contribution in [3.63, 3.8) is 0 Å². The first kappa shape index (κ1) is 21.9. The van der Waals surface area contributed by atoms with Gasteiger partial charge in [-0.25, -0.2) is 4.98 Å². The summed E-state index contributed by atoms with van der Waals surface area (Å²) < 4.78 is 41.3. The topological polar surface area (TPSA) is 71.5 Å². The van der Waals surface area contributed by atoms with E-state index in [0.29, 0.717) is 25.9 Å². The molecule has 3 rings (SSSR count). The molecule has 0 aliphatic carbocycles. The number of rotatable bonds is 5. The number of piperidine rings is 1. The van der Waals surface area contributed by atoms with Crippen molar-refractivity contribution in [3.8, 4) is 5.88 Å². The smallest absolute Gasteiger partial charge is 0.422 e. The van der Waals surface area contributed by atoms with Crippen molar-refractivity contribution in [2.24, 2.45) is 5.92 Å². The first-order valence-corrected chi connectivity index (χ1v) is 9.61. The highest BCUT2D eigenvalue weighted by Crippen LogP contribution is 2.26. The van der Waals surface area contributed by atoms with Crippen molar-refractivity contribution < 1.29 is 27.5 Å². The van der Waals surface area contributed by atoms with Gasteiger partial charge >= 0.3 is 6.18 Å². The number of nitrogens with zero attached hydrogens (tertiary/aromatic N) is 2. The van der Waals surface area contributed by atoms with Crippen LogP contribution in [-0.2, 0) is 4.79 Å². The molecule has 0 bridgehead atoms. The Morgan fingerprint density at radius 1 is 1.20 bits per heavy atom. The Bertz CT molecular complexity index is 901. The molecule has 6 nitrogen and oxygen atoms in total. The highest BCUT2D eigenvalue weighted by Gasteiger charge is 2.30. The number of carbonyl (C=O) groups excluding carboxylic acids is 2. The van der Waals surface area contributed by atoms with Crippen LogP contribution in [0.25, 0.3) is 0 Å². The second-order valence-electron chi connectivity index (χ2n) is 6.84. The molecule has 1 aromatic heterocycles. The van der Waals surface area contributed by atoms with E-state index >= 15 is 0 Å². The summed E-state index contributed by atoms with van der Waals surface area (Å²) >= 11 is 5.90. The molecule has 160 valence electrons. The minimum atomic E-state index is -4.52. The van der Waals surface area contributed by atoms with Crippen LogP contribution in [0.4, 0.5) is 18.9 Å². The predicted molar refractivity (Wildman–Crippen MR) is 104 cm³/mol. The summed E-state index contributed by atoms with van der Waals surface area (Å²) in [7, 11) is 0. The zero-order valence-corrected chi connectivity index (χ0v) is 16.5. The Labute approximate surface area is 176 Å². The van der Waals surface area contributed by atoms with Gasteiger partial charge in [-0.2, -0.15) is 13.2 Å². The summed E-state index contributed by atoms with van der Waals surface area (Å²) in [4.78, 5) is 30.3. The summed E-state index contributed by atoms with van der Waals surface area (Å²) in [6.07, 6.45) is -2.39. The molecule has 0 unspecified atom stereocenters. The van der Waals surface area contributed by atoms with E-state index in [1.807, 2.05) is 18.2 Å². The van der Waals surface area contributed by atoms with Gasteiger partial charge in [-0.1, -0.05) is 29.8 Å². The fourth-order valence-corrected chi connectivity index (χ4v) is 3.31. The molecule has 1 N–H and O–H groups in total. The molecule has 1 aliphatic rings. The standard InChI is InChI=1S/C20H19ClF3N3O3/c21-16-10-14(11-25-18(16)30-12-20(22,23)24)19(29)27-8-6-13(7-9-27)17(28)26-15-4-2-1-3-5-15/h1-5,10-11,13H,6-9,12H2,(H,26,28). The Morgan fingerprint density at radius 2 is 1.87 bits per heavy atom. The van der Waals surface area contributed by atoms with Gasteiger partial charge in [0.1, 0.15) is 5.02 Å². The van der Waals surface area contributed by atoms with Crippen LogP contribution in [0.5, 0.6) is 5.88 Å². The van der Waals surface area contributed by atoms with Crippen molar-refractivity contribution in [3.05, 3.63) is 53.2 Å². The third-order valence-electron chi connectivity index (χ3n) is 4.62. The van der Waals surface area contributed by atoms with E-state index in [1.54, 1.807) is 17.0 Å². The van der Waals surface area contributed by atoms with Crippen molar-refractivity contribution >= 4 is 29.1 Å². The quantitative estimate of drug-likeness (QED) is 0.756. The lowest BCUT2D eigenvalue weighted by molar-refractivity contribution is -0.154. The van der Waals surface area contributed by atoms with E-state index < -0.39 is 12.8 Å². The number of halogens is 4. The van der Waals surface area contributed by atoms with E-state index in [9.17, 15) is 22.8 Å². The lowest BCUT2D eigenvalue weighted by Gasteiger charge is -2.31. The van der Waals surface area contributed by atoms with Crippen LogP contribution >= 0.6 is 11.6 Å². The zero-order valence-electron chi connectivity index (χ0n) is 15.8. The van der Waals surface area contributed by atoms with Crippen LogP contribution in [0.15, 0.2) is 42.6 Å². The molecule has 30 heavy (non-hydrogen) atoms. The van der Waals surface area contributed by atoms with Crippen LogP contribution in [0.2, 0.25) is 5.02 Å². The van der Waals surface area contributed by atoms with Gasteiger partial charge < -0.3 is 15.0 Å². The van der Waals surface area contributed by atoms with Gasteiger partial charge in [0.2, 0.25) is 11.8 Å². The number of benzene rings is 1. The van der Waals surface area contributed by atoms with E-state index in [4.69, 9.17) is 11.6 Å². The number of aromatic nitrogens is 1. The number of ether oxygens (including phenoxy) is 1. The minimum absolute atomic E-state index is 0.0934. The van der Waals surface area contributed by atoms with E-state index in [1.165, 1.54) is 6.07 Å². The SMILES string of the molecule is O=C(Nc1ccccc1)C1CCN(C(=O)c2cnc(OCC(F)(F)F)c(Cl)c2)CC1. The van der Waals surface area contributed by atoms with Gasteiger partial charge in [0.25, 0.3) is 5.91 Å². The molecular formula is C20H19ClF3N3O3. The number of anilines is 1. The highest BCUT2D eigenvalue weighted by atomic mass is 35.5. The third kappa shape index (κ3) is 5.85. The van der Waals surface area contributed by atoms with E-state index in [0.717, 1.165) is 11.9 Å². The number of likely N-dealkylation sites (tertiary alicyclic amines) is 1. The number of amides is 2. The number of hydrogen-bond donors (Lipinski definition) is 1. The number of nitrogens with one attached hydrogen (secondary N) is 1. The molecule has 1 aliphatic heterocycles. The molecule has 1 saturated heterocycles. The van der Waals surface area contributed by atoms with Crippen molar-refractivity contribution in [2.45, 2.75) is 19.0 Å². The summed E-state index contributed by atoms with van der Waals surface area (Å²) in [5.41, 5.74) is 0.862. The molecule has 1 aromatic carbocycles. The molecule has 0 atom stereocenters. The number of pyridine rings is 1. The van der Waals surface area contributed by atoms with Gasteiger partial charge in [0, 0.05) is 30.9 Å². The second-order valence-corrected chi connectivity index (χ2v) is 7.24. The zero-order chi connectivity index (χ0) is 21.7. The van der Waals surface area contributed by atoms with Crippen molar-refractivity contribution in [2.75, 3.05) is 25.0 Å². The van der Waals surface area contributed by atoms with Crippen LogP contribution < -0.4 is 10.1 Å². The lowest BCUT2D eigenvalue weighted by Crippen LogP contribution is -2.41. The fourth-order valence-electron chi connectivity index (χ4n) is 3.09. The summed E-state index contributed by atoms with van der Waals surface area (Å²) in [6.45, 7) is -0.781. The first-order valence-electron chi connectivity index (χ1n) is 9.23. The predicted octanol–water partition coefficient (Wildman–Crippen LogP) is 4.17. The molecule has 2 amide bonds. The highest BCUT2D eigenvalue weighted by molar-refractivity contribution is 6.32. The number of hydrogen-bond acceptors (Lipinski definition) is 4. The van der Waals surface area contributed by atoms with Crippen LogP contribution in [-0.4, -0.2) is 47.6 Å². The molecule has 1 fully saturated rings. The number of carbonyl (C=O) groups is 2. The van der Waals surface area contributed by atoms with Gasteiger partial charge in [0.15, 0.2) is 6.61 Å². The van der Waals surface area contributed by atoms with Gasteiger partial charge in [-0.05, 0) is 31.0 Å². The number of alkyl halides is 3. The molecule has 0 radical (unpaired) electrons. The van der Waals surface area contributed by atoms with E-state index in [-0.39, 0.29) is 34.2 Å². The molecule has 0 spiro atoms. The maximum Gasteiger partial charge on any atom is 0.422 e. The molecule has 2 heterocycles. The average molecular weight is 442 g/mol. The summed E-state index contributed by atoms with van der Waals surface area (Å²) in [6, 6.07) is 10.3. The Morgan fingerprint density at radius 3 is 2.47 bits per heavy atom. The maximum atomic E-state index is 12.7. The minimum Gasteiger partial charge on any atom is -0.467 e. The average Bonchev–Trinajstić information content (AvgIpc) is 2.72. The monoisotopic (exact) mass is 441 g/mol. The van der Waals surface area contributed by atoms with Crippen LogP contribution in [0, 0.1) is 5.92 Å². The van der Waals surface area contributed by atoms with Gasteiger partial charge in [-0.15, -0.1) is 0 Å². The molecule has 2 aromatic rings. The Hall–Kier alpha value is -2.81. The molecule has 0 saturated carbocycles. The number of para-hydroxylation sites is 1. The van der Waals surface area contributed by atoms with Gasteiger partial charge in [0.05, 0.1) is 5.56 Å². The third-order valence-corrected chi connectivity index (χ3v) is 4.89. The summed E-state index contributed by atoms with van der Waals surface area (Å²) in [5.74, 6) is -1.05. The van der Waals surface area contributed by atoms with Crippen LogP contribution in [0.1, 0.15) is 23.2 Å². The maximum absolute atomic E-state index is 12.7. The molecule has 10 heteroatoms. The second kappa shape index (κ2) is 9.34. The Balaban J connectivity index is 1.54. The van der Waals surface area contributed by atoms with Gasteiger partial charge in [-0.3, -0.25) is 9.59 Å². The lowest BCUT2D eigenvalue weighted by atomic mass is 9.95. The largest absolute Gasteiger partial charge is 0.467 e. The fraction of sp³-hybridized carbons (Fsp3) is 0.350. The first-order chi connectivity index (χ1) is 14.2. The van der Waals surface area contributed by atoms with Crippen LogP contribution in [0.3, 0.4) is 0 Å². The van der Waals surface area contributed by atoms with Crippen molar-refractivity contribution in [1.82, 2.24) is 9.88 Å².